The van der Waals surface area contributed by atoms with Crippen molar-refractivity contribution < 1.29 is 14.3 Å². The van der Waals surface area contributed by atoms with Gasteiger partial charge in [-0.05, 0) is 30.4 Å². The first-order valence-electron chi connectivity index (χ1n) is 10.0. The maximum Gasteiger partial charge on any atom is 0.242 e. The first-order valence-corrected chi connectivity index (χ1v) is 10.0. The van der Waals surface area contributed by atoms with Gasteiger partial charge in [-0.2, -0.15) is 0 Å². The molecule has 0 unspecified atom stereocenters. The topological polar surface area (TPSA) is 46.9 Å². The summed E-state index contributed by atoms with van der Waals surface area (Å²) >= 11 is 0. The second kappa shape index (κ2) is 8.87. The molecule has 146 valence electrons. The molecular weight excluding hydrogens is 342 g/mol. The van der Waals surface area contributed by atoms with Gasteiger partial charge in [0.25, 0.3) is 0 Å². The van der Waals surface area contributed by atoms with Crippen molar-refractivity contribution in [3.05, 3.63) is 36.5 Å². The number of fused-ring (bicyclic) bond motifs is 1. The maximum atomic E-state index is 13.2. The summed E-state index contributed by atoms with van der Waals surface area (Å²) in [6, 6.07) is 10.6. The molecule has 2 saturated heterocycles. The quantitative estimate of drug-likeness (QED) is 0.779. The van der Waals surface area contributed by atoms with Gasteiger partial charge in [-0.25, -0.2) is 0 Å². The van der Waals surface area contributed by atoms with E-state index < -0.39 is 0 Å². The molecule has 4 rings (SSSR count). The number of rotatable bonds is 6. The standard InChI is InChI=1S/C21H29N3O3/c25-21(17-23-8-5-18-3-1-2-4-20(18)23)24(19-6-13-26-14-7-19)10-9-22-11-15-27-16-12-22/h1-5,8,19H,6-7,9-17H2. The summed E-state index contributed by atoms with van der Waals surface area (Å²) < 4.78 is 13.0. The Morgan fingerprint density at radius 2 is 1.78 bits per heavy atom. The van der Waals surface area contributed by atoms with Crippen LogP contribution in [0, 0.1) is 0 Å². The van der Waals surface area contributed by atoms with E-state index in [1.165, 1.54) is 5.39 Å². The van der Waals surface area contributed by atoms with E-state index >= 15 is 0 Å². The van der Waals surface area contributed by atoms with Gasteiger partial charge in [-0.1, -0.05) is 18.2 Å². The number of amides is 1. The largest absolute Gasteiger partial charge is 0.381 e. The molecule has 6 heteroatoms. The van der Waals surface area contributed by atoms with E-state index in [2.05, 4.69) is 32.6 Å². The van der Waals surface area contributed by atoms with E-state index in [1.807, 2.05) is 18.3 Å². The van der Waals surface area contributed by atoms with Crippen LogP contribution in [0.3, 0.4) is 0 Å². The van der Waals surface area contributed by atoms with Crippen molar-refractivity contribution in [3.8, 4) is 0 Å². The minimum absolute atomic E-state index is 0.205. The lowest BCUT2D eigenvalue weighted by atomic mass is 10.1. The van der Waals surface area contributed by atoms with Crippen LogP contribution in [0.2, 0.25) is 0 Å². The van der Waals surface area contributed by atoms with Gasteiger partial charge in [-0.3, -0.25) is 9.69 Å². The third kappa shape index (κ3) is 4.51. The van der Waals surface area contributed by atoms with E-state index in [1.54, 1.807) is 0 Å². The summed E-state index contributed by atoms with van der Waals surface area (Å²) in [5, 5.41) is 1.18. The lowest BCUT2D eigenvalue weighted by Crippen LogP contribution is -2.49. The van der Waals surface area contributed by atoms with Gasteiger partial charge in [0.2, 0.25) is 5.91 Å². The Hall–Kier alpha value is -1.89. The van der Waals surface area contributed by atoms with Crippen molar-refractivity contribution in [3.63, 3.8) is 0 Å². The average Bonchev–Trinajstić information content (AvgIpc) is 3.13. The van der Waals surface area contributed by atoms with Crippen LogP contribution in [-0.4, -0.2) is 78.9 Å². The molecule has 2 fully saturated rings. The Morgan fingerprint density at radius 1 is 1.04 bits per heavy atom. The number of hydrogen-bond donors (Lipinski definition) is 0. The van der Waals surface area contributed by atoms with Gasteiger partial charge >= 0.3 is 0 Å². The van der Waals surface area contributed by atoms with E-state index in [9.17, 15) is 4.79 Å². The van der Waals surface area contributed by atoms with Gasteiger partial charge < -0.3 is 18.9 Å². The van der Waals surface area contributed by atoms with E-state index in [-0.39, 0.29) is 11.9 Å². The summed E-state index contributed by atoms with van der Waals surface area (Å²) in [4.78, 5) is 17.7. The van der Waals surface area contributed by atoms with Crippen molar-refractivity contribution in [1.82, 2.24) is 14.4 Å². The van der Waals surface area contributed by atoms with Gasteiger partial charge in [0.05, 0.1) is 13.2 Å². The third-order valence-electron chi connectivity index (χ3n) is 5.70. The summed E-state index contributed by atoms with van der Waals surface area (Å²) in [6.45, 7) is 7.09. The number of nitrogens with zero attached hydrogens (tertiary/aromatic N) is 3. The number of benzene rings is 1. The molecule has 1 aromatic heterocycles. The van der Waals surface area contributed by atoms with Crippen LogP contribution in [0.25, 0.3) is 10.9 Å². The Balaban J connectivity index is 1.45. The molecule has 0 N–H and O–H groups in total. The van der Waals surface area contributed by atoms with Gasteiger partial charge in [0.15, 0.2) is 0 Å². The molecular formula is C21H29N3O3. The van der Waals surface area contributed by atoms with Crippen molar-refractivity contribution in [2.24, 2.45) is 0 Å². The van der Waals surface area contributed by atoms with E-state index in [0.29, 0.717) is 6.54 Å². The molecule has 0 saturated carbocycles. The second-order valence-electron chi connectivity index (χ2n) is 7.39. The molecule has 0 bridgehead atoms. The number of morpholine rings is 1. The molecule has 1 amide bonds. The van der Waals surface area contributed by atoms with E-state index in [4.69, 9.17) is 9.47 Å². The van der Waals surface area contributed by atoms with Crippen LogP contribution in [0.5, 0.6) is 0 Å². The molecule has 0 aliphatic carbocycles. The summed E-state index contributed by atoms with van der Waals surface area (Å²) in [7, 11) is 0. The SMILES string of the molecule is O=C(Cn1ccc2ccccc21)N(CCN1CCOCC1)C1CCOCC1. The fourth-order valence-electron chi connectivity index (χ4n) is 4.10. The fourth-order valence-corrected chi connectivity index (χ4v) is 4.10. The Morgan fingerprint density at radius 3 is 2.59 bits per heavy atom. The first kappa shape index (κ1) is 18.5. The first-order chi connectivity index (χ1) is 13.3. The highest BCUT2D eigenvalue weighted by molar-refractivity contribution is 5.83. The number of ether oxygens (including phenoxy) is 2. The molecule has 6 nitrogen and oxygen atoms in total. The lowest BCUT2D eigenvalue weighted by molar-refractivity contribution is -0.136. The van der Waals surface area contributed by atoms with E-state index in [0.717, 1.165) is 71.0 Å². The minimum atomic E-state index is 0.205. The molecule has 2 aliphatic rings. The van der Waals surface area contributed by atoms with Crippen LogP contribution >= 0.6 is 0 Å². The highest BCUT2D eigenvalue weighted by Crippen LogP contribution is 2.18. The number of hydrogen-bond acceptors (Lipinski definition) is 4. The second-order valence-corrected chi connectivity index (χ2v) is 7.39. The highest BCUT2D eigenvalue weighted by Gasteiger charge is 2.26. The molecule has 2 aromatic rings. The molecule has 0 radical (unpaired) electrons. The minimum Gasteiger partial charge on any atom is -0.381 e. The van der Waals surface area contributed by atoms with Crippen molar-refractivity contribution >= 4 is 16.8 Å². The summed E-state index contributed by atoms with van der Waals surface area (Å²) in [6.07, 6.45) is 3.88. The molecule has 2 aliphatic heterocycles. The number of carbonyl (C=O) groups excluding carboxylic acids is 1. The van der Waals surface area contributed by atoms with Gasteiger partial charge in [0.1, 0.15) is 6.54 Å². The van der Waals surface area contributed by atoms with Crippen LogP contribution in [0.15, 0.2) is 36.5 Å². The lowest BCUT2D eigenvalue weighted by Gasteiger charge is -2.36. The van der Waals surface area contributed by atoms with Gasteiger partial charge in [0, 0.05) is 57.1 Å². The molecule has 27 heavy (non-hydrogen) atoms. The predicted octanol–water partition coefficient (Wildman–Crippen LogP) is 1.98. The zero-order valence-corrected chi connectivity index (χ0v) is 15.9. The van der Waals surface area contributed by atoms with Crippen molar-refractivity contribution in [1.29, 1.82) is 0 Å². The highest BCUT2D eigenvalue weighted by atomic mass is 16.5. The molecule has 3 heterocycles. The molecule has 1 aromatic carbocycles. The predicted molar refractivity (Wildman–Crippen MR) is 105 cm³/mol. The average molecular weight is 371 g/mol. The number of carbonyl (C=O) groups is 1. The van der Waals surface area contributed by atoms with Crippen LogP contribution in [0.4, 0.5) is 0 Å². The zero-order chi connectivity index (χ0) is 18.5. The third-order valence-corrected chi connectivity index (χ3v) is 5.70. The molecule has 0 atom stereocenters. The smallest absolute Gasteiger partial charge is 0.242 e. The zero-order valence-electron chi connectivity index (χ0n) is 15.9. The Bertz CT molecular complexity index is 748. The monoisotopic (exact) mass is 371 g/mol. The van der Waals surface area contributed by atoms with Crippen LogP contribution in [0.1, 0.15) is 12.8 Å². The number of aromatic nitrogens is 1. The van der Waals surface area contributed by atoms with Crippen molar-refractivity contribution in [2.45, 2.75) is 25.4 Å². The summed E-state index contributed by atoms with van der Waals surface area (Å²) in [5.74, 6) is 0.205. The fraction of sp³-hybridized carbons (Fsp3) is 0.571. The maximum absolute atomic E-state index is 13.2. The van der Waals surface area contributed by atoms with Crippen LogP contribution in [-0.2, 0) is 20.8 Å². The summed E-state index contributed by atoms with van der Waals surface area (Å²) in [5.41, 5.74) is 1.12. The Kier molecular flexibility index (Phi) is 6.07. The van der Waals surface area contributed by atoms with Gasteiger partial charge in [-0.15, -0.1) is 0 Å². The van der Waals surface area contributed by atoms with Crippen LogP contribution < -0.4 is 0 Å². The Labute approximate surface area is 160 Å². The molecule has 0 spiro atoms. The number of para-hydroxylation sites is 1. The van der Waals surface area contributed by atoms with Crippen molar-refractivity contribution in [2.75, 3.05) is 52.6 Å². The normalized spacial score (nSPS) is 19.4.